The van der Waals surface area contributed by atoms with Crippen LogP contribution in [0.15, 0.2) is 30.3 Å². The summed E-state index contributed by atoms with van der Waals surface area (Å²) in [4.78, 5) is 12.2. The third kappa shape index (κ3) is 5.01. The second-order valence-corrected chi connectivity index (χ2v) is 15.2. The van der Waals surface area contributed by atoms with Crippen molar-refractivity contribution in [3.63, 3.8) is 0 Å². The van der Waals surface area contributed by atoms with Gasteiger partial charge in [-0.05, 0) is 23.7 Å². The summed E-state index contributed by atoms with van der Waals surface area (Å²) >= 11 is 0. The van der Waals surface area contributed by atoms with Gasteiger partial charge in [0.15, 0.2) is 8.32 Å². The zero-order valence-electron chi connectivity index (χ0n) is 17.6. The van der Waals surface area contributed by atoms with Crippen LogP contribution in [-0.4, -0.2) is 64.2 Å². The lowest BCUT2D eigenvalue weighted by Crippen LogP contribution is -2.43. The first-order valence-corrected chi connectivity index (χ1v) is 13.7. The average molecular weight is 429 g/mol. The molecule has 7 nitrogen and oxygen atoms in total. The highest BCUT2D eigenvalue weighted by molar-refractivity contribution is 7.87. The van der Waals surface area contributed by atoms with Crippen LogP contribution in [-0.2, 0) is 30.7 Å². The number of esters is 1. The Morgan fingerprint density at radius 2 is 1.82 bits per heavy atom. The normalized spacial score (nSPS) is 21.0. The van der Waals surface area contributed by atoms with Gasteiger partial charge in [-0.3, -0.25) is 4.79 Å². The second kappa shape index (κ2) is 8.62. The van der Waals surface area contributed by atoms with E-state index in [1.165, 1.54) is 15.7 Å². The molecule has 9 heteroatoms. The fourth-order valence-corrected chi connectivity index (χ4v) is 5.55. The lowest BCUT2D eigenvalue weighted by atomic mass is 10.2. The number of hydrogen-bond acceptors (Lipinski definition) is 5. The molecule has 2 rings (SSSR count). The smallest absolute Gasteiger partial charge is 0.325 e. The first-order valence-electron chi connectivity index (χ1n) is 9.43. The Hall–Kier alpha value is -1.26. The topological polar surface area (TPSA) is 76.1 Å². The number of nitrogens with zero attached hydrogens (tertiary/aromatic N) is 2. The van der Waals surface area contributed by atoms with Gasteiger partial charge in [0.25, 0.3) is 10.2 Å². The standard InChI is InChI=1S/C19H32N2O5SSi/c1-19(2,3)28(5,6)26-13-12-20-15-17(18(22)25-4)21(27(20,23)24)14-16-10-8-7-9-11-16/h7-11,17H,12-15H2,1-6H3/t17-/m0/s1. The maximum absolute atomic E-state index is 13.1. The molecule has 0 unspecified atom stereocenters. The molecule has 0 saturated carbocycles. The van der Waals surface area contributed by atoms with E-state index in [0.717, 1.165) is 5.56 Å². The van der Waals surface area contributed by atoms with E-state index in [2.05, 4.69) is 33.9 Å². The highest BCUT2D eigenvalue weighted by Gasteiger charge is 2.48. The van der Waals surface area contributed by atoms with Crippen molar-refractivity contribution in [3.05, 3.63) is 35.9 Å². The molecule has 158 valence electrons. The molecule has 1 aliphatic rings. The van der Waals surface area contributed by atoms with Gasteiger partial charge in [0.2, 0.25) is 0 Å². The van der Waals surface area contributed by atoms with Crippen LogP contribution < -0.4 is 0 Å². The van der Waals surface area contributed by atoms with Gasteiger partial charge < -0.3 is 9.16 Å². The summed E-state index contributed by atoms with van der Waals surface area (Å²) in [6.45, 7) is 11.4. The Bertz CT molecular complexity index is 777. The number of rotatable bonds is 7. The number of methoxy groups -OCH3 is 1. The molecule has 1 saturated heterocycles. The van der Waals surface area contributed by atoms with Gasteiger partial charge in [0.1, 0.15) is 6.04 Å². The van der Waals surface area contributed by atoms with Gasteiger partial charge in [0.05, 0.1) is 7.11 Å². The highest BCUT2D eigenvalue weighted by atomic mass is 32.2. The van der Waals surface area contributed by atoms with E-state index >= 15 is 0 Å². The van der Waals surface area contributed by atoms with E-state index in [4.69, 9.17) is 9.16 Å². The monoisotopic (exact) mass is 428 g/mol. The van der Waals surface area contributed by atoms with Gasteiger partial charge in [0, 0.05) is 26.2 Å². The molecule has 1 aromatic rings. The molecule has 1 aliphatic heterocycles. The van der Waals surface area contributed by atoms with E-state index < -0.39 is 30.5 Å². The summed E-state index contributed by atoms with van der Waals surface area (Å²) < 4.78 is 39.7. The number of hydrogen-bond donors (Lipinski definition) is 0. The SMILES string of the molecule is COC(=O)[C@@H]1CN(CCO[Si](C)(C)C(C)(C)C)S(=O)(=O)N1Cc1ccccc1. The van der Waals surface area contributed by atoms with Crippen LogP contribution in [0.3, 0.4) is 0 Å². The molecule has 1 heterocycles. The third-order valence-electron chi connectivity index (χ3n) is 5.61. The van der Waals surface area contributed by atoms with Crippen molar-refractivity contribution in [2.24, 2.45) is 0 Å². The van der Waals surface area contributed by atoms with Crippen molar-refractivity contribution >= 4 is 24.5 Å². The molecular formula is C19H32N2O5SSi. The number of carbonyl (C=O) groups excluding carboxylic acids is 1. The van der Waals surface area contributed by atoms with Crippen molar-refractivity contribution in [1.29, 1.82) is 0 Å². The number of ether oxygens (including phenoxy) is 1. The Balaban J connectivity index is 2.15. The van der Waals surface area contributed by atoms with Crippen molar-refractivity contribution in [3.8, 4) is 0 Å². The molecule has 0 amide bonds. The Kier molecular flexibility index (Phi) is 7.09. The Morgan fingerprint density at radius 1 is 1.21 bits per heavy atom. The maximum Gasteiger partial charge on any atom is 0.325 e. The molecular weight excluding hydrogens is 396 g/mol. The van der Waals surface area contributed by atoms with Gasteiger partial charge in [-0.25, -0.2) is 0 Å². The molecule has 0 radical (unpaired) electrons. The van der Waals surface area contributed by atoms with Crippen LogP contribution in [0.2, 0.25) is 18.1 Å². The summed E-state index contributed by atoms with van der Waals surface area (Å²) in [6, 6.07) is 8.37. The predicted molar refractivity (Wildman–Crippen MR) is 111 cm³/mol. The van der Waals surface area contributed by atoms with Gasteiger partial charge in [-0.2, -0.15) is 17.0 Å². The van der Waals surface area contributed by atoms with Crippen molar-refractivity contribution < 1.29 is 22.4 Å². The van der Waals surface area contributed by atoms with Gasteiger partial charge in [-0.1, -0.05) is 51.1 Å². The average Bonchev–Trinajstić information content (AvgIpc) is 2.85. The minimum absolute atomic E-state index is 0.0464. The number of benzene rings is 1. The zero-order chi connectivity index (χ0) is 21.2. The van der Waals surface area contributed by atoms with Crippen LogP contribution in [0.1, 0.15) is 26.3 Å². The summed E-state index contributed by atoms with van der Waals surface area (Å²) in [5.74, 6) is -0.549. The predicted octanol–water partition coefficient (Wildman–Crippen LogP) is 2.61. The van der Waals surface area contributed by atoms with Gasteiger partial charge in [-0.15, -0.1) is 0 Å². The molecule has 0 spiro atoms. The van der Waals surface area contributed by atoms with Crippen molar-refractivity contribution in [1.82, 2.24) is 8.61 Å². The van der Waals surface area contributed by atoms with Crippen LogP contribution in [0.5, 0.6) is 0 Å². The van der Waals surface area contributed by atoms with Crippen LogP contribution in [0.4, 0.5) is 0 Å². The first kappa shape index (κ1) is 23.0. The fourth-order valence-electron chi connectivity index (χ4n) is 2.80. The summed E-state index contributed by atoms with van der Waals surface area (Å²) in [5, 5.41) is 0.0464. The fraction of sp³-hybridized carbons (Fsp3) is 0.632. The highest BCUT2D eigenvalue weighted by Crippen LogP contribution is 2.36. The van der Waals surface area contributed by atoms with Crippen LogP contribution in [0, 0.1) is 0 Å². The van der Waals surface area contributed by atoms with Crippen LogP contribution in [0.25, 0.3) is 0 Å². The van der Waals surface area contributed by atoms with Crippen molar-refractivity contribution in [2.75, 3.05) is 26.8 Å². The molecule has 0 bridgehead atoms. The van der Waals surface area contributed by atoms with E-state index in [0.29, 0.717) is 6.61 Å². The summed E-state index contributed by atoms with van der Waals surface area (Å²) in [5.41, 5.74) is 0.819. The maximum atomic E-state index is 13.1. The lowest BCUT2D eigenvalue weighted by Gasteiger charge is -2.36. The quantitative estimate of drug-likeness (QED) is 0.493. The largest absolute Gasteiger partial charge is 0.468 e. The summed E-state index contributed by atoms with van der Waals surface area (Å²) in [7, 11) is -4.48. The second-order valence-electron chi connectivity index (χ2n) is 8.54. The van der Waals surface area contributed by atoms with E-state index in [9.17, 15) is 13.2 Å². The zero-order valence-corrected chi connectivity index (χ0v) is 19.5. The first-order chi connectivity index (χ1) is 12.9. The minimum Gasteiger partial charge on any atom is -0.468 e. The van der Waals surface area contributed by atoms with Crippen LogP contribution >= 0.6 is 0 Å². The number of carbonyl (C=O) groups is 1. The van der Waals surface area contributed by atoms with E-state index in [-0.39, 0.29) is 24.7 Å². The summed E-state index contributed by atoms with van der Waals surface area (Å²) in [6.07, 6.45) is 0. The molecule has 1 aromatic carbocycles. The molecule has 0 aromatic heterocycles. The third-order valence-corrected chi connectivity index (χ3v) is 12.1. The Morgan fingerprint density at radius 3 is 2.36 bits per heavy atom. The molecule has 0 N–H and O–H groups in total. The Labute approximate surface area is 169 Å². The molecule has 28 heavy (non-hydrogen) atoms. The lowest BCUT2D eigenvalue weighted by molar-refractivity contribution is -0.144. The molecule has 0 aliphatic carbocycles. The van der Waals surface area contributed by atoms with Crippen molar-refractivity contribution in [2.45, 2.75) is 51.5 Å². The molecule has 1 atom stereocenters. The van der Waals surface area contributed by atoms with E-state index in [1.807, 2.05) is 30.3 Å². The molecule has 1 fully saturated rings. The van der Waals surface area contributed by atoms with E-state index in [1.54, 1.807) is 0 Å². The minimum atomic E-state index is -3.78. The van der Waals surface area contributed by atoms with Gasteiger partial charge >= 0.3 is 5.97 Å².